The molecular formula is C23H38O2. The summed E-state index contributed by atoms with van der Waals surface area (Å²) in [4.78, 5) is 12.2. The first-order chi connectivity index (χ1) is 11.9. The first-order valence-corrected chi connectivity index (χ1v) is 11.0. The van der Waals surface area contributed by atoms with Crippen LogP contribution >= 0.6 is 0 Å². The number of hydrogen-bond acceptors (Lipinski definition) is 2. The number of carbonyl (C=O) groups excluding carboxylic acids is 1. The molecule has 4 fully saturated rings. The summed E-state index contributed by atoms with van der Waals surface area (Å²) in [7, 11) is 1.55. The molecule has 2 heteroatoms. The molecule has 0 spiro atoms. The molecule has 0 aliphatic heterocycles. The lowest BCUT2D eigenvalue weighted by atomic mass is 9.44. The van der Waals surface area contributed by atoms with Gasteiger partial charge in [0, 0.05) is 0 Å². The number of ether oxygens (including phenoxy) is 1. The highest BCUT2D eigenvalue weighted by Crippen LogP contribution is 2.68. The number of carbonyl (C=O) groups is 1. The van der Waals surface area contributed by atoms with Crippen molar-refractivity contribution in [1.29, 1.82) is 0 Å². The van der Waals surface area contributed by atoms with Gasteiger partial charge in [-0.25, -0.2) is 0 Å². The fourth-order valence-corrected chi connectivity index (χ4v) is 8.51. The van der Waals surface area contributed by atoms with Crippen LogP contribution < -0.4 is 0 Å². The number of methoxy groups -OCH3 is 1. The van der Waals surface area contributed by atoms with E-state index >= 15 is 0 Å². The van der Waals surface area contributed by atoms with Crippen LogP contribution in [0.15, 0.2) is 0 Å². The highest BCUT2D eigenvalue weighted by atomic mass is 16.5. The third-order valence-corrected chi connectivity index (χ3v) is 9.83. The molecule has 0 heterocycles. The lowest BCUT2D eigenvalue weighted by Gasteiger charge is -2.60. The Hall–Kier alpha value is -0.530. The first-order valence-electron chi connectivity index (χ1n) is 11.0. The fourth-order valence-electron chi connectivity index (χ4n) is 8.51. The zero-order valence-electron chi connectivity index (χ0n) is 16.9. The van der Waals surface area contributed by atoms with Crippen molar-refractivity contribution in [3.8, 4) is 0 Å². The number of rotatable bonds is 2. The van der Waals surface area contributed by atoms with Crippen LogP contribution in [0, 0.1) is 46.3 Å². The van der Waals surface area contributed by atoms with E-state index in [1.54, 1.807) is 7.11 Å². The maximum Gasteiger partial charge on any atom is 0.308 e. The van der Waals surface area contributed by atoms with Gasteiger partial charge in [-0.2, -0.15) is 0 Å². The second-order valence-corrected chi connectivity index (χ2v) is 10.4. The molecule has 0 aromatic heterocycles. The van der Waals surface area contributed by atoms with Crippen LogP contribution in [0.25, 0.3) is 0 Å². The molecule has 4 aliphatic carbocycles. The average molecular weight is 347 g/mol. The van der Waals surface area contributed by atoms with Gasteiger partial charge < -0.3 is 4.74 Å². The Bertz CT molecular complexity index is 528. The molecule has 2 nitrogen and oxygen atoms in total. The van der Waals surface area contributed by atoms with Gasteiger partial charge in [0.05, 0.1) is 13.0 Å². The third-order valence-electron chi connectivity index (χ3n) is 9.83. The van der Waals surface area contributed by atoms with Gasteiger partial charge >= 0.3 is 5.97 Å². The van der Waals surface area contributed by atoms with Gasteiger partial charge in [-0.1, -0.05) is 33.6 Å². The van der Waals surface area contributed by atoms with E-state index in [0.29, 0.717) is 16.7 Å². The van der Waals surface area contributed by atoms with Crippen molar-refractivity contribution in [2.24, 2.45) is 46.3 Å². The predicted molar refractivity (Wildman–Crippen MR) is 101 cm³/mol. The first kappa shape index (κ1) is 17.9. The highest BCUT2D eigenvalue weighted by Gasteiger charge is 2.60. The molecule has 0 aromatic carbocycles. The van der Waals surface area contributed by atoms with E-state index in [1.807, 2.05) is 0 Å². The van der Waals surface area contributed by atoms with Crippen molar-refractivity contribution in [1.82, 2.24) is 0 Å². The maximum absolute atomic E-state index is 12.2. The van der Waals surface area contributed by atoms with Gasteiger partial charge in [0.25, 0.3) is 0 Å². The zero-order chi connectivity index (χ0) is 17.8. The molecule has 4 saturated carbocycles. The van der Waals surface area contributed by atoms with Crippen molar-refractivity contribution >= 4 is 5.97 Å². The molecule has 0 bridgehead atoms. The quantitative estimate of drug-likeness (QED) is 0.587. The van der Waals surface area contributed by atoms with E-state index < -0.39 is 0 Å². The van der Waals surface area contributed by atoms with Crippen LogP contribution in [0.5, 0.6) is 0 Å². The lowest BCUT2D eigenvalue weighted by Crippen LogP contribution is -2.53. The topological polar surface area (TPSA) is 26.3 Å². The Kier molecular flexibility index (Phi) is 4.48. The minimum atomic E-state index is 0.0111. The van der Waals surface area contributed by atoms with E-state index in [2.05, 4.69) is 20.8 Å². The van der Waals surface area contributed by atoms with Crippen LogP contribution in [0.2, 0.25) is 0 Å². The summed E-state index contributed by atoms with van der Waals surface area (Å²) in [5.74, 6) is 4.34. The summed E-state index contributed by atoms with van der Waals surface area (Å²) < 4.78 is 5.10. The second-order valence-electron chi connectivity index (χ2n) is 10.4. The normalized spacial score (nSPS) is 50.3. The molecule has 4 aliphatic rings. The Balaban J connectivity index is 1.58. The molecule has 25 heavy (non-hydrogen) atoms. The summed E-state index contributed by atoms with van der Waals surface area (Å²) >= 11 is 0. The van der Waals surface area contributed by atoms with E-state index in [4.69, 9.17) is 4.74 Å². The SMILES string of the molecule is COC(=O)[C@@H](C)[C@@H]1CC[C@@H]2[C@H]3CC[C@H]4CCCC[C@]4(C)[C@@H]3CC[C@@]21C. The van der Waals surface area contributed by atoms with Gasteiger partial charge in [-0.3, -0.25) is 4.79 Å². The lowest BCUT2D eigenvalue weighted by molar-refractivity contribution is -0.151. The predicted octanol–water partition coefficient (Wildman–Crippen LogP) is 5.84. The second kappa shape index (κ2) is 6.27. The van der Waals surface area contributed by atoms with E-state index in [-0.39, 0.29) is 11.9 Å². The molecule has 8 atom stereocenters. The number of esters is 1. The van der Waals surface area contributed by atoms with Gasteiger partial charge in [0.1, 0.15) is 0 Å². The molecular weight excluding hydrogens is 308 g/mol. The minimum absolute atomic E-state index is 0.0111. The largest absolute Gasteiger partial charge is 0.469 e. The van der Waals surface area contributed by atoms with Gasteiger partial charge in [0.15, 0.2) is 0 Å². The van der Waals surface area contributed by atoms with Crippen LogP contribution in [0.4, 0.5) is 0 Å². The summed E-state index contributed by atoms with van der Waals surface area (Å²) in [6.45, 7) is 7.30. The zero-order valence-corrected chi connectivity index (χ0v) is 16.9. The summed E-state index contributed by atoms with van der Waals surface area (Å²) in [5.41, 5.74) is 0.987. The molecule has 0 unspecified atom stereocenters. The summed E-state index contributed by atoms with van der Waals surface area (Å²) in [5, 5.41) is 0. The van der Waals surface area contributed by atoms with Crippen LogP contribution in [0.3, 0.4) is 0 Å². The molecule has 0 amide bonds. The summed E-state index contributed by atoms with van der Waals surface area (Å²) in [6.07, 6.45) is 14.2. The van der Waals surface area contributed by atoms with Gasteiger partial charge in [-0.05, 0) is 91.8 Å². The Morgan fingerprint density at radius 3 is 2.44 bits per heavy atom. The van der Waals surface area contributed by atoms with Crippen molar-refractivity contribution in [2.75, 3.05) is 7.11 Å². The van der Waals surface area contributed by atoms with Crippen molar-refractivity contribution in [3.63, 3.8) is 0 Å². The van der Waals surface area contributed by atoms with E-state index in [1.165, 1.54) is 64.2 Å². The molecule has 4 rings (SSSR count). The van der Waals surface area contributed by atoms with Crippen molar-refractivity contribution in [2.45, 2.75) is 85.0 Å². The minimum Gasteiger partial charge on any atom is -0.469 e. The van der Waals surface area contributed by atoms with Crippen LogP contribution in [-0.4, -0.2) is 13.1 Å². The molecule has 0 aromatic rings. The van der Waals surface area contributed by atoms with Crippen LogP contribution in [0.1, 0.15) is 85.0 Å². The highest BCUT2D eigenvalue weighted by molar-refractivity contribution is 5.72. The molecule has 0 N–H and O–H groups in total. The smallest absolute Gasteiger partial charge is 0.308 e. The molecule has 0 radical (unpaired) electrons. The summed E-state index contributed by atoms with van der Waals surface area (Å²) in [6, 6.07) is 0. The fraction of sp³-hybridized carbons (Fsp3) is 0.957. The van der Waals surface area contributed by atoms with Gasteiger partial charge in [-0.15, -0.1) is 0 Å². The third kappa shape index (κ3) is 2.52. The van der Waals surface area contributed by atoms with Gasteiger partial charge in [0.2, 0.25) is 0 Å². The van der Waals surface area contributed by atoms with Crippen molar-refractivity contribution < 1.29 is 9.53 Å². The van der Waals surface area contributed by atoms with E-state index in [0.717, 1.165) is 23.7 Å². The van der Waals surface area contributed by atoms with Crippen molar-refractivity contribution in [3.05, 3.63) is 0 Å². The molecule has 142 valence electrons. The number of fused-ring (bicyclic) bond motifs is 5. The molecule has 0 saturated heterocycles. The van der Waals surface area contributed by atoms with Crippen LogP contribution in [-0.2, 0) is 9.53 Å². The number of hydrogen-bond donors (Lipinski definition) is 0. The Morgan fingerprint density at radius 1 is 0.920 bits per heavy atom. The monoisotopic (exact) mass is 346 g/mol. The Morgan fingerprint density at radius 2 is 1.68 bits per heavy atom. The standard InChI is InChI=1S/C23H38O2/c1-15(21(24)25-4)18-10-11-19-17-9-8-16-7-5-6-13-22(16,2)20(17)12-14-23(18,19)3/h15-20H,5-14H2,1-4H3/t15-,16+,17+,18-,19+,20+,22-,23+/m0/s1. The van der Waals surface area contributed by atoms with E-state index in [9.17, 15) is 4.79 Å². The Labute approximate surface area is 154 Å². The average Bonchev–Trinajstić information content (AvgIpc) is 2.97. The maximum atomic E-state index is 12.2.